The summed E-state index contributed by atoms with van der Waals surface area (Å²) < 4.78 is 14.5. The molecule has 5 heterocycles. The van der Waals surface area contributed by atoms with E-state index in [0.717, 1.165) is 29.8 Å². The van der Waals surface area contributed by atoms with Crippen molar-refractivity contribution in [3.63, 3.8) is 0 Å². The predicted octanol–water partition coefficient (Wildman–Crippen LogP) is 4.27. The molecule has 0 aromatic carbocycles. The molecular weight excluding hydrogens is 477 g/mol. The maximum atomic E-state index is 14.8. The minimum absolute atomic E-state index is 0.0568. The molecule has 10 heteroatoms. The van der Waals surface area contributed by atoms with Gasteiger partial charge in [0.15, 0.2) is 5.82 Å². The third-order valence-electron chi connectivity index (χ3n) is 7.17. The number of anilines is 3. The minimum Gasteiger partial charge on any atom is -0.352 e. The van der Waals surface area contributed by atoms with Crippen molar-refractivity contribution in [2.24, 2.45) is 0 Å². The maximum absolute atomic E-state index is 14.8. The van der Waals surface area contributed by atoms with Crippen LogP contribution in [0.5, 0.6) is 0 Å². The van der Waals surface area contributed by atoms with Crippen molar-refractivity contribution in [2.45, 2.75) is 64.2 Å². The molecular formula is C26H34FN7OS. The number of fused-ring (bicyclic) bond motifs is 1. The van der Waals surface area contributed by atoms with Gasteiger partial charge in [0.2, 0.25) is 5.91 Å². The Hall–Kier alpha value is -2.93. The van der Waals surface area contributed by atoms with E-state index in [1.54, 1.807) is 11.8 Å². The molecule has 5 rings (SSSR count). The van der Waals surface area contributed by atoms with E-state index in [2.05, 4.69) is 40.6 Å². The lowest BCUT2D eigenvalue weighted by atomic mass is 9.87. The summed E-state index contributed by atoms with van der Waals surface area (Å²) in [6.45, 7) is 14.8. The summed E-state index contributed by atoms with van der Waals surface area (Å²) >= 11 is 1.74. The molecule has 0 bridgehead atoms. The molecule has 3 aliphatic heterocycles. The minimum atomic E-state index is -0.495. The van der Waals surface area contributed by atoms with E-state index in [9.17, 15) is 14.4 Å². The number of nitrogens with zero attached hydrogens (tertiary/aromatic N) is 7. The number of nitriles is 1. The van der Waals surface area contributed by atoms with E-state index < -0.39 is 5.82 Å². The van der Waals surface area contributed by atoms with Crippen LogP contribution in [0.4, 0.5) is 21.7 Å². The Bertz CT molecular complexity index is 1190. The van der Waals surface area contributed by atoms with Crippen LogP contribution in [-0.4, -0.2) is 68.5 Å². The number of rotatable bonds is 3. The smallest absolute Gasteiger partial charge is 0.238 e. The lowest BCUT2D eigenvalue weighted by Gasteiger charge is -2.46. The maximum Gasteiger partial charge on any atom is 0.238 e. The first kappa shape index (κ1) is 26.1. The topological polar surface area (TPSA) is 89.2 Å². The summed E-state index contributed by atoms with van der Waals surface area (Å²) in [4.78, 5) is 32.2. The van der Waals surface area contributed by atoms with Gasteiger partial charge in [-0.1, -0.05) is 27.7 Å². The van der Waals surface area contributed by atoms with Gasteiger partial charge in [-0.3, -0.25) is 4.79 Å². The molecule has 1 amide bonds. The van der Waals surface area contributed by atoms with Gasteiger partial charge in [-0.15, -0.1) is 11.8 Å². The number of pyridine rings is 1. The van der Waals surface area contributed by atoms with Crippen LogP contribution in [-0.2, 0) is 10.2 Å². The monoisotopic (exact) mass is 511 g/mol. The van der Waals surface area contributed by atoms with E-state index in [1.807, 2.05) is 36.6 Å². The molecule has 0 aliphatic carbocycles. The molecule has 8 nitrogen and oxygen atoms in total. The van der Waals surface area contributed by atoms with Crippen molar-refractivity contribution in [3.05, 3.63) is 35.7 Å². The lowest BCUT2D eigenvalue weighted by molar-refractivity contribution is -0.136. The average molecular weight is 512 g/mol. The molecule has 36 heavy (non-hydrogen) atoms. The van der Waals surface area contributed by atoms with E-state index in [0.29, 0.717) is 32.0 Å². The number of piperazine rings is 1. The number of carbonyl (C=O) groups excluding carboxylic acids is 1. The Morgan fingerprint density at radius 1 is 1.19 bits per heavy atom. The van der Waals surface area contributed by atoms with Crippen LogP contribution in [0.15, 0.2) is 18.6 Å². The van der Waals surface area contributed by atoms with Crippen molar-refractivity contribution in [1.29, 1.82) is 5.26 Å². The standard InChI is InChI=1S/C24H28FN7OS.C2H6/c1-15-12-30(6-7-31(15)22(33)24(4)5-8-34-24)20-19-21(29-14-28-20)32(13-23(19,2)3)18-9-16(10-26)27-11-17(18)25;1-2/h9,11,14-15H,5-8,12-13H2,1-4H3;1-2H3. The zero-order chi connectivity index (χ0) is 26.3. The van der Waals surface area contributed by atoms with Crippen LogP contribution < -0.4 is 9.80 Å². The van der Waals surface area contributed by atoms with Gasteiger partial charge in [-0.2, -0.15) is 5.26 Å². The molecule has 0 spiro atoms. The first-order valence-electron chi connectivity index (χ1n) is 12.5. The third-order valence-corrected chi connectivity index (χ3v) is 8.60. The highest BCUT2D eigenvalue weighted by Gasteiger charge is 2.46. The largest absolute Gasteiger partial charge is 0.352 e. The zero-order valence-corrected chi connectivity index (χ0v) is 22.7. The highest BCUT2D eigenvalue weighted by Crippen LogP contribution is 2.47. The summed E-state index contributed by atoms with van der Waals surface area (Å²) in [5, 5.41) is 9.25. The molecule has 2 aromatic heterocycles. The number of aromatic nitrogens is 3. The van der Waals surface area contributed by atoms with Gasteiger partial charge >= 0.3 is 0 Å². The van der Waals surface area contributed by atoms with Crippen molar-refractivity contribution in [2.75, 3.05) is 41.7 Å². The number of hydrogen-bond donors (Lipinski definition) is 0. The van der Waals surface area contributed by atoms with Gasteiger partial charge in [0.1, 0.15) is 29.7 Å². The summed E-state index contributed by atoms with van der Waals surface area (Å²) in [7, 11) is 0. The Morgan fingerprint density at radius 2 is 1.89 bits per heavy atom. The van der Waals surface area contributed by atoms with E-state index in [1.165, 1.54) is 12.4 Å². The Balaban J connectivity index is 0.00000148. The highest BCUT2D eigenvalue weighted by molar-refractivity contribution is 8.02. The second-order valence-electron chi connectivity index (χ2n) is 10.1. The lowest BCUT2D eigenvalue weighted by Crippen LogP contribution is -2.60. The second kappa shape index (κ2) is 9.85. The first-order valence-corrected chi connectivity index (χ1v) is 13.5. The van der Waals surface area contributed by atoms with Gasteiger partial charge in [-0.05, 0) is 26.0 Å². The Labute approximate surface area is 216 Å². The summed E-state index contributed by atoms with van der Waals surface area (Å²) in [6, 6.07) is 3.51. The fraction of sp³-hybridized carbons (Fsp3) is 0.577. The molecule has 2 saturated heterocycles. The van der Waals surface area contributed by atoms with Crippen LogP contribution in [0.3, 0.4) is 0 Å². The Morgan fingerprint density at radius 3 is 2.50 bits per heavy atom. The number of hydrogen-bond acceptors (Lipinski definition) is 8. The SMILES string of the molecule is CC.CC1CN(c2ncnc3c2C(C)(C)CN3c2cc(C#N)ncc2F)CCN1C(=O)C1(C)CCS1. The molecule has 2 unspecified atom stereocenters. The van der Waals surface area contributed by atoms with Crippen LogP contribution in [0.1, 0.15) is 59.2 Å². The third kappa shape index (κ3) is 4.38. The fourth-order valence-corrected chi connectivity index (χ4v) is 6.25. The quantitative estimate of drug-likeness (QED) is 0.604. The van der Waals surface area contributed by atoms with Gasteiger partial charge in [0.25, 0.3) is 0 Å². The van der Waals surface area contributed by atoms with Crippen LogP contribution in [0.25, 0.3) is 0 Å². The summed E-state index contributed by atoms with van der Waals surface area (Å²) in [5.74, 6) is 2.26. The summed E-state index contributed by atoms with van der Waals surface area (Å²) in [6.07, 6.45) is 3.53. The van der Waals surface area contributed by atoms with Gasteiger partial charge in [0, 0.05) is 49.3 Å². The number of carbonyl (C=O) groups is 1. The highest BCUT2D eigenvalue weighted by atomic mass is 32.2. The van der Waals surface area contributed by atoms with Gasteiger partial charge < -0.3 is 14.7 Å². The van der Waals surface area contributed by atoms with Crippen molar-refractivity contribution >= 4 is 35.0 Å². The van der Waals surface area contributed by atoms with Gasteiger partial charge in [-0.25, -0.2) is 19.3 Å². The van der Waals surface area contributed by atoms with E-state index in [4.69, 9.17) is 0 Å². The van der Waals surface area contributed by atoms with Crippen LogP contribution >= 0.6 is 11.8 Å². The molecule has 0 saturated carbocycles. The second-order valence-corrected chi connectivity index (χ2v) is 11.7. The molecule has 2 aromatic rings. The molecule has 2 fully saturated rings. The van der Waals surface area contributed by atoms with Crippen LogP contribution in [0.2, 0.25) is 0 Å². The van der Waals surface area contributed by atoms with Gasteiger partial charge in [0.05, 0.1) is 16.6 Å². The molecule has 0 N–H and O–H groups in total. The zero-order valence-electron chi connectivity index (χ0n) is 21.9. The fourth-order valence-electron chi connectivity index (χ4n) is 5.19. The van der Waals surface area contributed by atoms with Crippen molar-refractivity contribution in [3.8, 4) is 6.07 Å². The molecule has 2 atom stereocenters. The number of amides is 1. The first-order chi connectivity index (χ1) is 17.1. The summed E-state index contributed by atoms with van der Waals surface area (Å²) in [5.41, 5.74) is 1.06. The van der Waals surface area contributed by atoms with E-state index in [-0.39, 0.29) is 33.5 Å². The van der Waals surface area contributed by atoms with Crippen molar-refractivity contribution in [1.82, 2.24) is 19.9 Å². The van der Waals surface area contributed by atoms with E-state index >= 15 is 0 Å². The van der Waals surface area contributed by atoms with Crippen molar-refractivity contribution < 1.29 is 9.18 Å². The molecule has 192 valence electrons. The predicted molar refractivity (Wildman–Crippen MR) is 141 cm³/mol. The molecule has 3 aliphatic rings. The molecule has 0 radical (unpaired) electrons. The normalized spacial score (nSPS) is 24.3. The van der Waals surface area contributed by atoms with Crippen LogP contribution in [0, 0.1) is 17.1 Å². The number of halogens is 1. The Kier molecular flexibility index (Phi) is 7.15. The average Bonchev–Trinajstić information content (AvgIpc) is 3.14. The number of thioether (sulfide) groups is 1.